The van der Waals surface area contributed by atoms with E-state index < -0.39 is 0 Å². The van der Waals surface area contributed by atoms with Gasteiger partial charge >= 0.3 is 0 Å². The Morgan fingerprint density at radius 3 is 1.52 bits per heavy atom. The van der Waals surface area contributed by atoms with Crippen molar-refractivity contribution in [1.29, 1.82) is 0 Å². The molecule has 29 heavy (non-hydrogen) atoms. The van der Waals surface area contributed by atoms with Gasteiger partial charge in [0.15, 0.2) is 0 Å². The van der Waals surface area contributed by atoms with Crippen LogP contribution >= 0.6 is 0 Å². The van der Waals surface area contributed by atoms with Crippen LogP contribution in [0.5, 0.6) is 0 Å². The quantitative estimate of drug-likeness (QED) is 0.312. The van der Waals surface area contributed by atoms with E-state index in [-0.39, 0.29) is 5.91 Å². The summed E-state index contributed by atoms with van der Waals surface area (Å²) in [6, 6.07) is 0.546. The van der Waals surface area contributed by atoms with Crippen LogP contribution in [0.1, 0.15) is 33.6 Å². The Morgan fingerprint density at radius 1 is 0.690 bits per heavy atom. The first kappa shape index (κ1) is 26.3. The van der Waals surface area contributed by atoms with Crippen LogP contribution in [0.3, 0.4) is 0 Å². The Hall–Kier alpha value is -0.770. The third kappa shape index (κ3) is 14.0. The van der Waals surface area contributed by atoms with E-state index in [0.717, 1.165) is 39.2 Å². The van der Waals surface area contributed by atoms with Crippen molar-refractivity contribution in [3.8, 4) is 0 Å². The van der Waals surface area contributed by atoms with Gasteiger partial charge in [-0.2, -0.15) is 0 Å². The molecule has 1 aliphatic heterocycles. The number of carbonyl (C=O) groups is 1. The van der Waals surface area contributed by atoms with Gasteiger partial charge in [0.05, 0.1) is 65.9 Å². The molecule has 1 heterocycles. The van der Waals surface area contributed by atoms with Gasteiger partial charge in [-0.05, 0) is 20.3 Å². The van der Waals surface area contributed by atoms with Gasteiger partial charge in [-0.1, -0.05) is 6.92 Å². The van der Waals surface area contributed by atoms with Gasteiger partial charge in [-0.15, -0.1) is 0 Å². The van der Waals surface area contributed by atoms with Crippen LogP contribution in [0.2, 0.25) is 0 Å². The third-order valence-electron chi connectivity index (χ3n) is 4.69. The fraction of sp³-hybridized carbons (Fsp3) is 0.952. The standard InChI is InChI=1S/C21H42N2O6/c1-4-10-25-12-14-27-16-18-29-19-17-28-15-13-26-11-5-21(24)23-8-6-22(7-9-23)20(2)3/h20H,4-19H2,1-3H3. The van der Waals surface area contributed by atoms with Crippen LogP contribution in [0.25, 0.3) is 0 Å². The van der Waals surface area contributed by atoms with Crippen molar-refractivity contribution in [3.05, 3.63) is 0 Å². The van der Waals surface area contributed by atoms with Crippen molar-refractivity contribution in [2.24, 2.45) is 0 Å². The summed E-state index contributed by atoms with van der Waals surface area (Å²) < 4.78 is 27.1. The van der Waals surface area contributed by atoms with Crippen LogP contribution in [0, 0.1) is 0 Å². The van der Waals surface area contributed by atoms with Gasteiger partial charge in [0.1, 0.15) is 0 Å². The number of carbonyl (C=O) groups excluding carboxylic acids is 1. The van der Waals surface area contributed by atoms with E-state index >= 15 is 0 Å². The number of piperazine rings is 1. The molecule has 0 N–H and O–H groups in total. The maximum atomic E-state index is 12.2. The molecule has 8 nitrogen and oxygen atoms in total. The van der Waals surface area contributed by atoms with Crippen LogP contribution in [-0.4, -0.2) is 114 Å². The van der Waals surface area contributed by atoms with Gasteiger partial charge < -0.3 is 28.6 Å². The molecule has 0 saturated carbocycles. The molecule has 8 heteroatoms. The maximum Gasteiger partial charge on any atom is 0.224 e. The van der Waals surface area contributed by atoms with Crippen molar-refractivity contribution in [1.82, 2.24) is 9.80 Å². The van der Waals surface area contributed by atoms with Crippen molar-refractivity contribution in [2.75, 3.05) is 92.2 Å². The molecule has 0 bridgehead atoms. The zero-order valence-corrected chi connectivity index (χ0v) is 18.7. The Labute approximate surface area is 176 Å². The predicted molar refractivity (Wildman–Crippen MR) is 112 cm³/mol. The highest BCUT2D eigenvalue weighted by Gasteiger charge is 2.21. The number of ether oxygens (including phenoxy) is 5. The van der Waals surface area contributed by atoms with Gasteiger partial charge in [-0.3, -0.25) is 9.69 Å². The SMILES string of the molecule is CCCOCCOCCOCCOCCOCCC(=O)N1CCN(C(C)C)CC1. The van der Waals surface area contributed by atoms with Crippen molar-refractivity contribution < 1.29 is 28.5 Å². The van der Waals surface area contributed by atoms with Crippen LogP contribution in [0.15, 0.2) is 0 Å². The molecule has 172 valence electrons. The lowest BCUT2D eigenvalue weighted by molar-refractivity contribution is -0.134. The van der Waals surface area contributed by atoms with Crippen LogP contribution < -0.4 is 0 Å². The largest absolute Gasteiger partial charge is 0.379 e. The molecular formula is C21H42N2O6. The van der Waals surface area contributed by atoms with E-state index in [9.17, 15) is 4.79 Å². The molecule has 0 atom stereocenters. The molecule has 0 aromatic carbocycles. The van der Waals surface area contributed by atoms with E-state index in [0.29, 0.717) is 71.9 Å². The monoisotopic (exact) mass is 418 g/mol. The maximum absolute atomic E-state index is 12.2. The summed E-state index contributed by atoms with van der Waals surface area (Å²) >= 11 is 0. The van der Waals surface area contributed by atoms with Crippen LogP contribution in [0.4, 0.5) is 0 Å². The smallest absolute Gasteiger partial charge is 0.224 e. The topological polar surface area (TPSA) is 69.7 Å². The summed E-state index contributed by atoms with van der Waals surface area (Å²) in [5.41, 5.74) is 0. The van der Waals surface area contributed by atoms with Gasteiger partial charge in [0.25, 0.3) is 0 Å². The average molecular weight is 419 g/mol. The summed E-state index contributed by atoms with van der Waals surface area (Å²) in [6.45, 7) is 15.7. The van der Waals surface area contributed by atoms with Crippen molar-refractivity contribution in [3.63, 3.8) is 0 Å². The molecular weight excluding hydrogens is 376 g/mol. The molecule has 0 spiro atoms. The molecule has 1 rings (SSSR count). The second-order valence-electron chi connectivity index (χ2n) is 7.32. The summed E-state index contributed by atoms with van der Waals surface area (Å²) in [6.07, 6.45) is 1.47. The lowest BCUT2D eigenvalue weighted by Crippen LogP contribution is -2.50. The lowest BCUT2D eigenvalue weighted by atomic mass is 10.2. The highest BCUT2D eigenvalue weighted by molar-refractivity contribution is 5.76. The fourth-order valence-electron chi connectivity index (χ4n) is 2.93. The number of hydrogen-bond acceptors (Lipinski definition) is 7. The lowest BCUT2D eigenvalue weighted by Gasteiger charge is -2.37. The number of nitrogens with zero attached hydrogens (tertiary/aromatic N) is 2. The van der Waals surface area contributed by atoms with Crippen molar-refractivity contribution >= 4 is 5.91 Å². The zero-order valence-electron chi connectivity index (χ0n) is 18.7. The Bertz CT molecular complexity index is 389. The van der Waals surface area contributed by atoms with E-state index in [1.165, 1.54) is 0 Å². The molecule has 0 aromatic heterocycles. The number of hydrogen-bond donors (Lipinski definition) is 0. The Morgan fingerprint density at radius 2 is 1.10 bits per heavy atom. The second-order valence-corrected chi connectivity index (χ2v) is 7.32. The molecule has 0 radical (unpaired) electrons. The highest BCUT2D eigenvalue weighted by atomic mass is 16.6. The minimum atomic E-state index is 0.182. The van der Waals surface area contributed by atoms with Crippen molar-refractivity contribution in [2.45, 2.75) is 39.7 Å². The first-order chi connectivity index (χ1) is 14.1. The molecule has 0 aliphatic carbocycles. The average Bonchev–Trinajstić information content (AvgIpc) is 2.73. The zero-order chi connectivity index (χ0) is 21.2. The first-order valence-corrected chi connectivity index (χ1v) is 11.1. The predicted octanol–water partition coefficient (Wildman–Crippen LogP) is 1.42. The van der Waals surface area contributed by atoms with Gasteiger partial charge in [0, 0.05) is 38.8 Å². The fourth-order valence-corrected chi connectivity index (χ4v) is 2.93. The number of rotatable bonds is 18. The highest BCUT2D eigenvalue weighted by Crippen LogP contribution is 2.07. The van der Waals surface area contributed by atoms with E-state index in [1.54, 1.807) is 0 Å². The molecule has 1 amide bonds. The molecule has 1 saturated heterocycles. The summed E-state index contributed by atoms with van der Waals surface area (Å²) in [5.74, 6) is 0.182. The van der Waals surface area contributed by atoms with E-state index in [2.05, 4.69) is 25.7 Å². The van der Waals surface area contributed by atoms with Gasteiger partial charge in [-0.25, -0.2) is 0 Å². The summed E-state index contributed by atoms with van der Waals surface area (Å²) in [4.78, 5) is 16.5. The second kappa shape index (κ2) is 18.0. The third-order valence-corrected chi connectivity index (χ3v) is 4.69. The molecule has 0 unspecified atom stereocenters. The van der Waals surface area contributed by atoms with E-state index in [1.807, 2.05) is 4.90 Å². The Kier molecular flexibility index (Phi) is 16.3. The Balaban J connectivity index is 1.79. The summed E-state index contributed by atoms with van der Waals surface area (Å²) in [5, 5.41) is 0. The molecule has 0 aromatic rings. The first-order valence-electron chi connectivity index (χ1n) is 11.1. The molecule has 1 fully saturated rings. The number of amides is 1. The minimum absolute atomic E-state index is 0.182. The van der Waals surface area contributed by atoms with Crippen LogP contribution in [-0.2, 0) is 28.5 Å². The van der Waals surface area contributed by atoms with E-state index in [4.69, 9.17) is 23.7 Å². The van der Waals surface area contributed by atoms with Gasteiger partial charge in [0.2, 0.25) is 5.91 Å². The molecule has 1 aliphatic rings. The summed E-state index contributed by atoms with van der Waals surface area (Å²) in [7, 11) is 0. The minimum Gasteiger partial charge on any atom is -0.379 e. The normalized spacial score (nSPS) is 15.4.